The maximum absolute atomic E-state index is 14.1. The van der Waals surface area contributed by atoms with Gasteiger partial charge < -0.3 is 37.9 Å². The molecule has 1 heterocycles. The Labute approximate surface area is 310 Å². The van der Waals surface area contributed by atoms with Crippen molar-refractivity contribution in [2.45, 2.75) is 149 Å². The molecule has 0 amide bonds. The summed E-state index contributed by atoms with van der Waals surface area (Å²) in [6.07, 6.45) is -2.61. The Morgan fingerprint density at radius 1 is 0.792 bits per heavy atom. The van der Waals surface area contributed by atoms with Crippen LogP contribution in [0, 0.1) is 29.1 Å². The van der Waals surface area contributed by atoms with E-state index in [1.54, 1.807) is 53.7 Å². The zero-order chi connectivity index (χ0) is 40.1. The molecule has 3 fully saturated rings. The zero-order valence-electron chi connectivity index (χ0n) is 32.7. The van der Waals surface area contributed by atoms with Gasteiger partial charge in [0.15, 0.2) is 23.4 Å². The van der Waals surface area contributed by atoms with Crippen LogP contribution in [0.4, 0.5) is 0 Å². The molecule has 1 unspecified atom stereocenters. The predicted octanol–water partition coefficient (Wildman–Crippen LogP) is 3.71. The minimum absolute atomic E-state index is 0.114. The van der Waals surface area contributed by atoms with Crippen LogP contribution in [0.5, 0.6) is 0 Å². The standard InChI is InChI=1S/C38H54O15/c1-13-19(3)32(45)50-33-36(12)29-25(34(9,10)51-22(6)41)15-16-26(47-20(4)39)37(29,18-46-36)31(48-21(5)40)28-30(49-27(44)14-2)35(11,52-23(7)42)17-38(28,33)53-24(8)43/h15-16,19,25-26,28-31,33H,13-14,17-18H2,1-12H3/t19?,25-,26+,28+,29-,30+,31+,33+,35+,36+,37+,38+/m0/s1. The maximum atomic E-state index is 14.1. The lowest BCUT2D eigenvalue weighted by Crippen LogP contribution is -2.65. The summed E-state index contributed by atoms with van der Waals surface area (Å²) in [6.45, 7) is 17.2. The first-order chi connectivity index (χ1) is 24.4. The minimum Gasteiger partial charge on any atom is -0.461 e. The summed E-state index contributed by atoms with van der Waals surface area (Å²) in [4.78, 5) is 92.5. The topological polar surface area (TPSA) is 193 Å². The summed E-state index contributed by atoms with van der Waals surface area (Å²) in [6, 6.07) is 0. The Kier molecular flexibility index (Phi) is 11.6. The molecule has 15 nitrogen and oxygen atoms in total. The molecule has 0 N–H and O–H groups in total. The van der Waals surface area contributed by atoms with Crippen LogP contribution in [-0.2, 0) is 71.5 Å². The minimum atomic E-state index is -2.09. The molecule has 53 heavy (non-hydrogen) atoms. The fourth-order valence-corrected chi connectivity index (χ4v) is 9.67. The Morgan fingerprint density at radius 3 is 1.91 bits per heavy atom. The van der Waals surface area contributed by atoms with E-state index in [1.165, 1.54) is 20.8 Å². The van der Waals surface area contributed by atoms with Gasteiger partial charge in [0.25, 0.3) is 0 Å². The van der Waals surface area contributed by atoms with Gasteiger partial charge in [0.05, 0.1) is 23.9 Å². The van der Waals surface area contributed by atoms with Crippen LogP contribution in [0.25, 0.3) is 0 Å². The lowest BCUT2D eigenvalue weighted by Gasteiger charge is -2.53. The molecule has 2 bridgehead atoms. The number of rotatable bonds is 11. The van der Waals surface area contributed by atoms with Gasteiger partial charge in [0.2, 0.25) is 0 Å². The Bertz CT molecular complexity index is 1550. The van der Waals surface area contributed by atoms with Crippen molar-refractivity contribution in [3.63, 3.8) is 0 Å². The average molecular weight is 751 g/mol. The van der Waals surface area contributed by atoms with E-state index in [9.17, 15) is 33.6 Å². The molecule has 0 spiro atoms. The van der Waals surface area contributed by atoms with Crippen molar-refractivity contribution in [1.82, 2.24) is 0 Å². The van der Waals surface area contributed by atoms with Crippen molar-refractivity contribution >= 4 is 41.8 Å². The molecular weight excluding hydrogens is 696 g/mol. The molecule has 1 saturated heterocycles. The molecule has 4 aliphatic rings. The van der Waals surface area contributed by atoms with E-state index in [-0.39, 0.29) is 13.0 Å². The predicted molar refractivity (Wildman–Crippen MR) is 182 cm³/mol. The maximum Gasteiger partial charge on any atom is 0.309 e. The highest BCUT2D eigenvalue weighted by molar-refractivity contribution is 5.74. The van der Waals surface area contributed by atoms with E-state index in [4.69, 9.17) is 37.9 Å². The molecule has 15 heteroatoms. The quantitative estimate of drug-likeness (QED) is 0.168. The fourth-order valence-electron chi connectivity index (χ4n) is 9.67. The lowest BCUT2D eigenvalue weighted by molar-refractivity contribution is -0.248. The fraction of sp³-hybridized carbons (Fsp3) is 0.763. The lowest BCUT2D eigenvalue weighted by atomic mass is 9.53. The second kappa shape index (κ2) is 14.7. The summed E-state index contributed by atoms with van der Waals surface area (Å²) in [5, 5.41) is 0. The van der Waals surface area contributed by atoms with Crippen LogP contribution < -0.4 is 0 Å². The summed E-state index contributed by atoms with van der Waals surface area (Å²) in [5.74, 6) is -9.00. The summed E-state index contributed by atoms with van der Waals surface area (Å²) in [5.41, 5.74) is -8.50. The number of hydrogen-bond acceptors (Lipinski definition) is 15. The van der Waals surface area contributed by atoms with Crippen LogP contribution >= 0.6 is 0 Å². The summed E-state index contributed by atoms with van der Waals surface area (Å²) < 4.78 is 50.1. The van der Waals surface area contributed by atoms with Crippen LogP contribution in [0.2, 0.25) is 0 Å². The van der Waals surface area contributed by atoms with Crippen molar-refractivity contribution in [2.75, 3.05) is 6.61 Å². The van der Waals surface area contributed by atoms with Gasteiger partial charge in [-0.15, -0.1) is 0 Å². The number of carbonyl (C=O) groups is 7. The smallest absolute Gasteiger partial charge is 0.309 e. The third kappa shape index (κ3) is 7.17. The van der Waals surface area contributed by atoms with Gasteiger partial charge in [-0.1, -0.05) is 26.8 Å². The van der Waals surface area contributed by atoms with Crippen LogP contribution in [0.1, 0.15) is 102 Å². The van der Waals surface area contributed by atoms with Gasteiger partial charge in [0.1, 0.15) is 23.4 Å². The highest BCUT2D eigenvalue weighted by Crippen LogP contribution is 2.70. The number of ether oxygens (including phenoxy) is 8. The number of hydrogen-bond donors (Lipinski definition) is 0. The van der Waals surface area contributed by atoms with Crippen molar-refractivity contribution in [2.24, 2.45) is 29.1 Å². The van der Waals surface area contributed by atoms with Gasteiger partial charge in [-0.05, 0) is 40.2 Å². The summed E-state index contributed by atoms with van der Waals surface area (Å²) >= 11 is 0. The van der Waals surface area contributed by atoms with E-state index in [2.05, 4.69) is 0 Å². The molecule has 4 rings (SSSR count). The first-order valence-corrected chi connectivity index (χ1v) is 18.1. The molecule has 296 valence electrons. The van der Waals surface area contributed by atoms with Crippen molar-refractivity contribution < 1.29 is 71.5 Å². The monoisotopic (exact) mass is 750 g/mol. The highest BCUT2D eigenvalue weighted by atomic mass is 16.6. The second-order valence-corrected chi connectivity index (χ2v) is 15.8. The van der Waals surface area contributed by atoms with Gasteiger partial charge in [-0.3, -0.25) is 33.6 Å². The SMILES string of the molecule is CCC(=O)O[C@@H]1[C@@H]2[C@@H](OC(C)=O)[C@@]34CO[C@@](C)([C@@H](OC(=O)C(C)CC)[C@@]2(OC(C)=O)C[C@@]1(C)OC(C)=O)[C@@H]3[C@@H](C(C)(C)OC(C)=O)C=C[C@H]4OC(C)=O. The first kappa shape index (κ1) is 41.7. The molecule has 0 aromatic carbocycles. The van der Waals surface area contributed by atoms with E-state index in [0.717, 1.165) is 20.8 Å². The normalized spacial score (nSPS) is 37.5. The Morgan fingerprint density at radius 2 is 1.40 bits per heavy atom. The molecule has 0 radical (unpaired) electrons. The number of esters is 7. The van der Waals surface area contributed by atoms with Gasteiger partial charge in [-0.25, -0.2) is 0 Å². The van der Waals surface area contributed by atoms with Crippen molar-refractivity contribution in [3.8, 4) is 0 Å². The van der Waals surface area contributed by atoms with E-state index in [1.807, 2.05) is 0 Å². The average Bonchev–Trinajstić information content (AvgIpc) is 3.44. The highest BCUT2D eigenvalue weighted by Gasteiger charge is 2.85. The van der Waals surface area contributed by atoms with E-state index in [0.29, 0.717) is 6.42 Å². The molecule has 12 atom stereocenters. The van der Waals surface area contributed by atoms with Gasteiger partial charge in [0, 0.05) is 59.3 Å². The largest absolute Gasteiger partial charge is 0.461 e. The third-order valence-electron chi connectivity index (χ3n) is 11.5. The molecular formula is C38H54O15. The molecule has 1 aliphatic heterocycles. The van der Waals surface area contributed by atoms with Crippen molar-refractivity contribution in [1.29, 1.82) is 0 Å². The second-order valence-electron chi connectivity index (χ2n) is 15.8. The van der Waals surface area contributed by atoms with Crippen LogP contribution in [-0.4, -0.2) is 95.2 Å². The van der Waals surface area contributed by atoms with E-state index >= 15 is 0 Å². The van der Waals surface area contributed by atoms with Crippen LogP contribution in [0.3, 0.4) is 0 Å². The molecule has 2 saturated carbocycles. The van der Waals surface area contributed by atoms with Crippen LogP contribution in [0.15, 0.2) is 12.2 Å². The third-order valence-corrected chi connectivity index (χ3v) is 11.5. The van der Waals surface area contributed by atoms with Crippen molar-refractivity contribution in [3.05, 3.63) is 12.2 Å². The molecule has 0 aromatic rings. The molecule has 0 aromatic heterocycles. The van der Waals surface area contributed by atoms with E-state index < -0.39 is 124 Å². The number of fused-ring (bicyclic) bond motifs is 1. The molecule has 3 aliphatic carbocycles. The van der Waals surface area contributed by atoms with Gasteiger partial charge in [-0.2, -0.15) is 0 Å². The Hall–Kier alpha value is -4.01. The van der Waals surface area contributed by atoms with Gasteiger partial charge >= 0.3 is 41.8 Å². The number of carbonyl (C=O) groups excluding carboxylic acids is 7. The summed E-state index contributed by atoms with van der Waals surface area (Å²) in [7, 11) is 0. The first-order valence-electron chi connectivity index (χ1n) is 18.1. The Balaban J connectivity index is 2.26. The zero-order valence-corrected chi connectivity index (χ0v) is 32.7.